The lowest BCUT2D eigenvalue weighted by Gasteiger charge is -2.33. The molecule has 3 N–H and O–H groups in total. The fourth-order valence-corrected chi connectivity index (χ4v) is 3.21. The molecule has 1 saturated carbocycles. The Bertz CT molecular complexity index is 333. The molecule has 1 atom stereocenters. The molecule has 2 fully saturated rings. The fourth-order valence-electron chi connectivity index (χ4n) is 3.21. The molecule has 5 heteroatoms. The van der Waals surface area contributed by atoms with Crippen LogP contribution in [0.15, 0.2) is 4.99 Å². The first-order valence-electron chi connectivity index (χ1n) is 7.65. The van der Waals surface area contributed by atoms with Crippen molar-refractivity contribution in [3.05, 3.63) is 0 Å². The van der Waals surface area contributed by atoms with Crippen LogP contribution < -0.4 is 11.1 Å². The van der Waals surface area contributed by atoms with Crippen molar-refractivity contribution in [3.8, 4) is 0 Å². The minimum atomic E-state index is -0.0330. The van der Waals surface area contributed by atoms with Crippen LogP contribution in [-0.4, -0.2) is 29.7 Å². The summed E-state index contributed by atoms with van der Waals surface area (Å²) in [4.78, 5) is 4.43. The Hall–Kier alpha value is -0.0400. The van der Waals surface area contributed by atoms with Crippen LogP contribution in [0.1, 0.15) is 65.7 Å². The Labute approximate surface area is 140 Å². The van der Waals surface area contributed by atoms with Crippen LogP contribution in [0.4, 0.5) is 0 Å². The van der Waals surface area contributed by atoms with Gasteiger partial charge >= 0.3 is 0 Å². The zero-order valence-electron chi connectivity index (χ0n) is 13.1. The lowest BCUT2D eigenvalue weighted by atomic mass is 9.83. The third kappa shape index (κ3) is 5.39. The van der Waals surface area contributed by atoms with Gasteiger partial charge in [-0.1, -0.05) is 19.3 Å². The van der Waals surface area contributed by atoms with E-state index in [2.05, 4.69) is 31.1 Å². The topological polar surface area (TPSA) is 59.6 Å². The molecule has 20 heavy (non-hydrogen) atoms. The van der Waals surface area contributed by atoms with Gasteiger partial charge < -0.3 is 15.8 Å². The molecule has 1 aliphatic heterocycles. The highest BCUT2D eigenvalue weighted by Gasteiger charge is 2.40. The number of rotatable bonds is 2. The number of guanidine groups is 1. The first kappa shape index (κ1) is 18.0. The summed E-state index contributed by atoms with van der Waals surface area (Å²) in [5.74, 6) is 0.528. The molecule has 1 heterocycles. The molecule has 0 aromatic heterocycles. The van der Waals surface area contributed by atoms with Crippen molar-refractivity contribution >= 4 is 29.9 Å². The zero-order chi connectivity index (χ0) is 13.9. The number of halogens is 1. The van der Waals surface area contributed by atoms with Crippen molar-refractivity contribution in [2.45, 2.75) is 83.0 Å². The third-order valence-corrected chi connectivity index (χ3v) is 4.07. The maximum atomic E-state index is 6.28. The van der Waals surface area contributed by atoms with Crippen LogP contribution >= 0.6 is 24.0 Å². The van der Waals surface area contributed by atoms with Gasteiger partial charge in [-0.15, -0.1) is 24.0 Å². The molecule has 1 unspecified atom stereocenters. The molecule has 2 rings (SSSR count). The summed E-state index contributed by atoms with van der Waals surface area (Å²) < 4.78 is 6.28. The summed E-state index contributed by atoms with van der Waals surface area (Å²) >= 11 is 0. The highest BCUT2D eigenvalue weighted by Crippen LogP contribution is 2.41. The second kappa shape index (κ2) is 7.29. The van der Waals surface area contributed by atoms with Gasteiger partial charge in [0.2, 0.25) is 0 Å². The molecule has 0 radical (unpaired) electrons. The molecule has 0 bridgehead atoms. The van der Waals surface area contributed by atoms with Gasteiger partial charge in [-0.25, -0.2) is 0 Å². The number of hydrogen-bond acceptors (Lipinski definition) is 2. The molecular weight excluding hydrogens is 365 g/mol. The summed E-state index contributed by atoms with van der Waals surface area (Å²) in [7, 11) is 0. The summed E-state index contributed by atoms with van der Waals surface area (Å²) in [5.41, 5.74) is 6.04. The minimum Gasteiger partial charge on any atom is -0.370 e. The number of nitrogens with two attached hydrogens (primary N) is 1. The van der Waals surface area contributed by atoms with E-state index in [0.717, 1.165) is 6.42 Å². The van der Waals surface area contributed by atoms with Gasteiger partial charge in [0, 0.05) is 5.54 Å². The highest BCUT2D eigenvalue weighted by atomic mass is 127. The van der Waals surface area contributed by atoms with Crippen LogP contribution in [0.5, 0.6) is 0 Å². The van der Waals surface area contributed by atoms with E-state index < -0.39 is 0 Å². The van der Waals surface area contributed by atoms with Gasteiger partial charge in [-0.3, -0.25) is 4.99 Å². The van der Waals surface area contributed by atoms with E-state index in [9.17, 15) is 0 Å². The molecule has 118 valence electrons. The van der Waals surface area contributed by atoms with E-state index in [1.54, 1.807) is 0 Å². The lowest BCUT2D eigenvalue weighted by molar-refractivity contribution is -0.0599. The molecule has 2 aliphatic rings. The van der Waals surface area contributed by atoms with E-state index in [0.29, 0.717) is 12.5 Å². The molecule has 4 nitrogen and oxygen atoms in total. The van der Waals surface area contributed by atoms with E-state index in [1.807, 2.05) is 0 Å². The quantitative estimate of drug-likeness (QED) is 0.429. The normalized spacial score (nSPS) is 26.4. The van der Waals surface area contributed by atoms with Crippen LogP contribution in [0.3, 0.4) is 0 Å². The standard InChI is InChI=1S/C15H29N3O.HI/c1-14(2,3)18-13(16)17-11-12-7-10-15(19-12)8-5-4-6-9-15;/h12H,4-11H2,1-3H3,(H3,16,17,18);1H. The Morgan fingerprint density at radius 2 is 1.90 bits per heavy atom. The van der Waals surface area contributed by atoms with Crippen LogP contribution in [-0.2, 0) is 4.74 Å². The number of ether oxygens (including phenoxy) is 1. The van der Waals surface area contributed by atoms with Gasteiger partial charge in [0.25, 0.3) is 0 Å². The highest BCUT2D eigenvalue weighted by molar-refractivity contribution is 14.0. The lowest BCUT2D eigenvalue weighted by Crippen LogP contribution is -2.45. The van der Waals surface area contributed by atoms with E-state index >= 15 is 0 Å². The van der Waals surface area contributed by atoms with E-state index in [-0.39, 0.29) is 41.2 Å². The smallest absolute Gasteiger partial charge is 0.189 e. The Kier molecular flexibility index (Phi) is 6.57. The number of hydrogen-bond donors (Lipinski definition) is 2. The summed E-state index contributed by atoms with van der Waals surface area (Å²) in [5, 5.41) is 3.19. The van der Waals surface area contributed by atoms with Crippen molar-refractivity contribution in [2.75, 3.05) is 6.54 Å². The van der Waals surface area contributed by atoms with Gasteiger partial charge in [-0.2, -0.15) is 0 Å². The average Bonchev–Trinajstić information content (AvgIpc) is 2.69. The molecule has 1 spiro atoms. The largest absolute Gasteiger partial charge is 0.370 e. The number of aliphatic imine (C=N–C) groups is 1. The predicted octanol–water partition coefficient (Wildman–Crippen LogP) is 3.19. The third-order valence-electron chi connectivity index (χ3n) is 4.07. The SMILES string of the molecule is CC(C)(C)NC(N)=NCC1CCC2(CCCCC2)O1.I. The van der Waals surface area contributed by atoms with Gasteiger partial charge in [0.1, 0.15) is 0 Å². The summed E-state index contributed by atoms with van der Waals surface area (Å²) in [6.45, 7) is 6.94. The zero-order valence-corrected chi connectivity index (χ0v) is 15.4. The predicted molar refractivity (Wildman–Crippen MR) is 94.7 cm³/mol. The summed E-state index contributed by atoms with van der Waals surface area (Å²) in [6, 6.07) is 0. The van der Waals surface area contributed by atoms with Crippen molar-refractivity contribution in [1.29, 1.82) is 0 Å². The minimum absolute atomic E-state index is 0. The average molecular weight is 395 g/mol. The maximum Gasteiger partial charge on any atom is 0.189 e. The number of nitrogens with one attached hydrogen (secondary N) is 1. The molecular formula is C15H30IN3O. The second-order valence-corrected chi connectivity index (χ2v) is 7.12. The molecule has 1 aliphatic carbocycles. The fraction of sp³-hybridized carbons (Fsp3) is 0.933. The van der Waals surface area contributed by atoms with Crippen molar-refractivity contribution in [3.63, 3.8) is 0 Å². The van der Waals surface area contributed by atoms with Gasteiger partial charge in [0.05, 0.1) is 18.2 Å². The molecule has 0 aromatic rings. The Morgan fingerprint density at radius 3 is 2.50 bits per heavy atom. The van der Waals surface area contributed by atoms with E-state index in [4.69, 9.17) is 10.5 Å². The van der Waals surface area contributed by atoms with Crippen molar-refractivity contribution in [2.24, 2.45) is 10.7 Å². The Morgan fingerprint density at radius 1 is 1.25 bits per heavy atom. The number of nitrogens with zero attached hydrogens (tertiary/aromatic N) is 1. The Balaban J connectivity index is 0.00000200. The van der Waals surface area contributed by atoms with Crippen LogP contribution in [0, 0.1) is 0 Å². The summed E-state index contributed by atoms with van der Waals surface area (Å²) in [6.07, 6.45) is 9.10. The second-order valence-electron chi connectivity index (χ2n) is 7.12. The van der Waals surface area contributed by atoms with Crippen LogP contribution in [0.2, 0.25) is 0 Å². The van der Waals surface area contributed by atoms with Gasteiger partial charge in [-0.05, 0) is 46.5 Å². The maximum absolute atomic E-state index is 6.28. The first-order chi connectivity index (χ1) is 8.89. The van der Waals surface area contributed by atoms with Crippen LogP contribution in [0.25, 0.3) is 0 Å². The monoisotopic (exact) mass is 395 g/mol. The molecule has 0 aromatic carbocycles. The van der Waals surface area contributed by atoms with E-state index in [1.165, 1.54) is 38.5 Å². The first-order valence-corrected chi connectivity index (χ1v) is 7.65. The molecule has 0 amide bonds. The van der Waals surface area contributed by atoms with Crippen molar-refractivity contribution < 1.29 is 4.74 Å². The van der Waals surface area contributed by atoms with Crippen molar-refractivity contribution in [1.82, 2.24) is 5.32 Å². The molecule has 1 saturated heterocycles. The van der Waals surface area contributed by atoms with Gasteiger partial charge in [0.15, 0.2) is 5.96 Å².